The molecule has 0 radical (unpaired) electrons. The molecule has 3 aliphatic rings. The van der Waals surface area contributed by atoms with Crippen molar-refractivity contribution in [3.8, 4) is 23.7 Å². The highest BCUT2D eigenvalue weighted by Gasteiger charge is 2.43. The quantitative estimate of drug-likeness (QED) is 0.0356. The zero-order valence-electron chi connectivity index (χ0n) is 45.1. The minimum atomic E-state index is -4.29. The lowest BCUT2D eigenvalue weighted by Gasteiger charge is -2.29. The Bertz CT molecular complexity index is 3810. The van der Waals surface area contributed by atoms with Gasteiger partial charge >= 0.3 is 11.8 Å². The monoisotopic (exact) mass is 1200 g/mol. The fourth-order valence-electron chi connectivity index (χ4n) is 9.05. The first-order valence-electron chi connectivity index (χ1n) is 25.2. The number of carboxylic acid groups (broad SMARTS) is 1. The Morgan fingerprint density at radius 3 is 1.69 bits per heavy atom. The van der Waals surface area contributed by atoms with Gasteiger partial charge < -0.3 is 10.0 Å². The first-order valence-corrected chi connectivity index (χ1v) is 33.8. The molecular weight excluding hydrogens is 1130 g/mol. The van der Waals surface area contributed by atoms with Crippen molar-refractivity contribution in [2.75, 3.05) is 58.0 Å². The number of hydrogen-bond donors (Lipinski definition) is 4. The van der Waals surface area contributed by atoms with Crippen molar-refractivity contribution in [1.82, 2.24) is 4.90 Å². The SMILES string of the molecule is CC1(C)C2=CC(C#Cc3ccc(N(CCCS(=O)(=O)O)S(C)(=O)=O)cc3)=CN(CCCCCC(=O)O)C2=N/C1=C\C=C\C1=Nc2c(cc(C#Cc3ccc(N(CCCS(=O)(=O)O)S(C)(=O)=O)cc3)c[n+]2CCCS(=O)(=O)O)C1(C)C. The van der Waals surface area contributed by atoms with Crippen LogP contribution >= 0.6 is 0 Å². The molecule has 3 aliphatic heterocycles. The molecule has 80 heavy (non-hydrogen) atoms. The van der Waals surface area contributed by atoms with Gasteiger partial charge in [0.15, 0.2) is 5.71 Å². The fourth-order valence-corrected chi connectivity index (χ4v) is 12.5. The van der Waals surface area contributed by atoms with E-state index >= 15 is 0 Å². The summed E-state index contributed by atoms with van der Waals surface area (Å²) in [7, 11) is -20.4. The minimum absolute atomic E-state index is 0.0503. The number of carboxylic acids is 1. The molecule has 430 valence electrons. The summed E-state index contributed by atoms with van der Waals surface area (Å²) in [6.45, 7) is 8.42. The van der Waals surface area contributed by atoms with Crippen LogP contribution in [-0.2, 0) is 67.2 Å². The summed E-state index contributed by atoms with van der Waals surface area (Å²) >= 11 is 0. The summed E-state index contributed by atoms with van der Waals surface area (Å²) in [5.41, 5.74) is 4.67. The number of amidine groups is 1. The minimum Gasteiger partial charge on any atom is -0.481 e. The molecule has 0 saturated heterocycles. The Labute approximate surface area is 469 Å². The third kappa shape index (κ3) is 17.5. The Kier molecular flexibility index (Phi) is 19.7. The fraction of sp³-hybridized carbons (Fsp3) is 0.407. The summed E-state index contributed by atoms with van der Waals surface area (Å²) in [6.07, 6.45) is 15.0. The first kappa shape index (κ1) is 62.7. The molecule has 6 rings (SSSR count). The van der Waals surface area contributed by atoms with Gasteiger partial charge in [-0.3, -0.25) is 27.1 Å². The second-order valence-electron chi connectivity index (χ2n) is 20.5. The van der Waals surface area contributed by atoms with E-state index < -0.39 is 84.5 Å². The van der Waals surface area contributed by atoms with Crippen molar-refractivity contribution >= 4 is 85.1 Å². The van der Waals surface area contributed by atoms with Crippen LogP contribution in [0.3, 0.4) is 0 Å². The largest absolute Gasteiger partial charge is 0.481 e. The molecule has 0 unspecified atom stereocenters. The van der Waals surface area contributed by atoms with Crippen molar-refractivity contribution in [2.24, 2.45) is 15.4 Å². The summed E-state index contributed by atoms with van der Waals surface area (Å²) in [6, 6.07) is 14.6. The van der Waals surface area contributed by atoms with E-state index in [-0.39, 0.29) is 51.0 Å². The highest BCUT2D eigenvalue weighted by atomic mass is 32.2. The molecule has 0 saturated carbocycles. The number of aliphatic carboxylic acids is 1. The predicted octanol–water partition coefficient (Wildman–Crippen LogP) is 5.80. The van der Waals surface area contributed by atoms with Crippen LogP contribution in [-0.4, -0.2) is 133 Å². The number of sulfonamides is 2. The van der Waals surface area contributed by atoms with Crippen LogP contribution in [0.2, 0.25) is 0 Å². The maximum absolute atomic E-state index is 12.6. The van der Waals surface area contributed by atoms with E-state index in [1.54, 1.807) is 47.2 Å². The topological polar surface area (TPSA) is 307 Å². The lowest BCUT2D eigenvalue weighted by molar-refractivity contribution is -0.684. The molecule has 4 N–H and O–H groups in total. The summed E-state index contributed by atoms with van der Waals surface area (Å²) in [5, 5.41) is 9.21. The van der Waals surface area contributed by atoms with Gasteiger partial charge in [0.25, 0.3) is 30.4 Å². The average molecular weight is 1200 g/mol. The summed E-state index contributed by atoms with van der Waals surface area (Å²) in [5.74, 6) is 11.3. The molecule has 0 aliphatic carbocycles. The van der Waals surface area contributed by atoms with E-state index in [9.17, 15) is 56.5 Å². The van der Waals surface area contributed by atoms with Crippen LogP contribution < -0.4 is 13.2 Å². The van der Waals surface area contributed by atoms with Crippen molar-refractivity contribution in [1.29, 1.82) is 0 Å². The van der Waals surface area contributed by atoms with Crippen molar-refractivity contribution in [3.05, 3.63) is 130 Å². The number of nitrogens with zero attached hydrogens (tertiary/aromatic N) is 6. The zero-order valence-corrected chi connectivity index (χ0v) is 49.1. The predicted molar refractivity (Wildman–Crippen MR) is 307 cm³/mol. The standard InChI is InChI=1S/C54H64N6O15S5/c1-53(2)46-36-42(19-17-40-21-25-44(26-22-40)59(76(5,63)64)31-12-34-79(70,71)72)38-57(29-9-7-8-16-50(61)62)51(46)55-48(53)14-10-15-49-54(3,4)47-37-43(39-58(52(47)56-49)30-11-33-78(67,68)69)20-18-41-23-27-45(28-24-41)60(77(6,65)66)32-13-35-80(73,74)75/h10,14-15,21-28,36-39H,7-9,11-13,16,29-35H2,1-6H3,(H3-,61,62,67,68,69,70,71,72,73,74,75)/p+1. The zero-order chi connectivity index (χ0) is 59.1. The Morgan fingerprint density at radius 2 is 1.18 bits per heavy atom. The summed E-state index contributed by atoms with van der Waals surface area (Å²) < 4.78 is 151. The Morgan fingerprint density at radius 1 is 0.662 bits per heavy atom. The van der Waals surface area contributed by atoms with Gasteiger partial charge in [0.05, 0.1) is 69.9 Å². The molecule has 4 heterocycles. The number of anilines is 2. The Hall–Kier alpha value is -6.49. The molecular formula is C54H65N6O15S5+. The number of unbranched alkanes of at least 4 members (excludes halogenated alkanes) is 2. The molecule has 2 aromatic carbocycles. The molecule has 0 fully saturated rings. The van der Waals surface area contributed by atoms with Gasteiger partial charge in [0.1, 0.15) is 12.0 Å². The first-order chi connectivity index (χ1) is 37.1. The number of benzene rings is 2. The number of hydrogen-bond acceptors (Lipinski definition) is 14. The van der Waals surface area contributed by atoms with Crippen LogP contribution in [0.4, 0.5) is 17.2 Å². The van der Waals surface area contributed by atoms with Crippen LogP contribution in [0, 0.1) is 29.1 Å². The van der Waals surface area contributed by atoms with Crippen LogP contribution in [0.1, 0.15) is 94.9 Å². The number of fused-ring (bicyclic) bond motifs is 2. The van der Waals surface area contributed by atoms with Gasteiger partial charge in [-0.15, -0.1) is 0 Å². The molecule has 21 nitrogen and oxygen atoms in total. The van der Waals surface area contributed by atoms with Crippen LogP contribution in [0.25, 0.3) is 0 Å². The summed E-state index contributed by atoms with van der Waals surface area (Å²) in [4.78, 5) is 23.4. The molecule has 0 amide bonds. The van der Waals surface area contributed by atoms with Gasteiger partial charge in [-0.05, 0) is 117 Å². The van der Waals surface area contributed by atoms with Gasteiger partial charge in [-0.25, -0.2) is 26.4 Å². The Balaban J connectivity index is 1.27. The number of aromatic nitrogens is 1. The maximum Gasteiger partial charge on any atom is 0.327 e. The average Bonchev–Trinajstić information content (AvgIpc) is 3.82. The second kappa shape index (κ2) is 25.1. The van der Waals surface area contributed by atoms with Gasteiger partial charge in [0.2, 0.25) is 20.0 Å². The molecule has 0 spiro atoms. The second-order valence-corrected chi connectivity index (χ2v) is 29.0. The number of aliphatic imine (C=N–C) groups is 2. The number of aryl methyl sites for hydroxylation is 1. The van der Waals surface area contributed by atoms with E-state index in [0.29, 0.717) is 71.1 Å². The number of carbonyl (C=O) groups is 1. The number of pyridine rings is 1. The van der Waals surface area contributed by atoms with Crippen LogP contribution in [0.15, 0.2) is 118 Å². The van der Waals surface area contributed by atoms with E-state index in [1.807, 2.05) is 69.2 Å². The van der Waals surface area contributed by atoms with Crippen LogP contribution in [0.5, 0.6) is 0 Å². The smallest absolute Gasteiger partial charge is 0.327 e. The van der Waals surface area contributed by atoms with E-state index in [2.05, 4.69) is 23.7 Å². The van der Waals surface area contributed by atoms with Gasteiger partial charge in [0, 0.05) is 66.4 Å². The van der Waals surface area contributed by atoms with E-state index in [0.717, 1.165) is 38.0 Å². The van der Waals surface area contributed by atoms with E-state index in [4.69, 9.17) is 19.1 Å². The maximum atomic E-state index is 12.6. The number of rotatable bonds is 24. The highest BCUT2D eigenvalue weighted by molar-refractivity contribution is 7.92. The molecule has 3 aromatic rings. The molecule has 0 bridgehead atoms. The van der Waals surface area contributed by atoms with Crippen molar-refractivity contribution in [3.63, 3.8) is 0 Å². The lowest BCUT2D eigenvalue weighted by Crippen LogP contribution is -2.36. The molecule has 0 atom stereocenters. The highest BCUT2D eigenvalue weighted by Crippen LogP contribution is 2.45. The lowest BCUT2D eigenvalue weighted by atomic mass is 9.80. The van der Waals surface area contributed by atoms with Gasteiger partial charge in [-0.1, -0.05) is 50.0 Å². The number of allylic oxidation sites excluding steroid dienone is 6. The van der Waals surface area contributed by atoms with Gasteiger partial charge in [-0.2, -0.15) is 25.3 Å². The van der Waals surface area contributed by atoms with Crippen molar-refractivity contribution < 1.29 is 70.2 Å². The normalized spacial score (nSPS) is 16.4. The molecule has 26 heteroatoms. The van der Waals surface area contributed by atoms with E-state index in [1.165, 1.54) is 12.1 Å². The third-order valence-corrected chi connectivity index (χ3v) is 18.0. The third-order valence-electron chi connectivity index (χ3n) is 13.2. The van der Waals surface area contributed by atoms with Crippen molar-refractivity contribution in [2.45, 2.75) is 84.6 Å². The molecule has 1 aromatic heterocycles.